The molecule has 6 aromatic carbocycles. The van der Waals surface area contributed by atoms with E-state index in [0.717, 1.165) is 33.1 Å². The molecule has 10 aromatic rings. The summed E-state index contributed by atoms with van der Waals surface area (Å²) in [6.45, 7) is 0. The van der Waals surface area contributed by atoms with Crippen LogP contribution < -0.4 is 11.1 Å². The SMILES string of the molecule is N#Cc1c2ccccc2c(=O)n2c3ccccc3c(=O)n(-c3nc(-c4ccccc4)nc(-c4ccc(-c5cccc6c5oc5ccccc56)cc4)n3)c12. The average molecular weight is 685 g/mol. The fraction of sp³-hybridized carbons (Fsp3) is 0. The topological polar surface area (TPSA) is 119 Å². The molecule has 0 atom stereocenters. The van der Waals surface area contributed by atoms with E-state index in [0.29, 0.717) is 39.1 Å². The number of benzene rings is 6. The van der Waals surface area contributed by atoms with E-state index in [1.54, 1.807) is 48.5 Å². The number of aromatic nitrogens is 5. The summed E-state index contributed by atoms with van der Waals surface area (Å²) in [7, 11) is 0. The standard InChI is InChI=1S/C44H24N6O3/c45-25-35-30-13-4-5-15-33(30)42(51)49-36-19-8-6-16-34(36)43(52)50(41(35)49)44-47-39(27-11-2-1-3-12-27)46-40(48-44)28-23-21-26(22-24-28)29-17-10-18-32-31-14-7-9-20-37(31)53-38(29)32/h1-24H. The average Bonchev–Trinajstić information content (AvgIpc) is 3.60. The monoisotopic (exact) mass is 684 g/mol. The predicted octanol–water partition coefficient (Wildman–Crippen LogP) is 8.71. The largest absolute Gasteiger partial charge is 0.455 e. The number of hydrogen-bond donors (Lipinski definition) is 0. The second kappa shape index (κ2) is 11.7. The Labute approximate surface area is 299 Å². The van der Waals surface area contributed by atoms with Gasteiger partial charge >= 0.3 is 0 Å². The molecule has 9 heteroatoms. The zero-order valence-corrected chi connectivity index (χ0v) is 27.8. The fourth-order valence-corrected chi connectivity index (χ4v) is 7.22. The van der Waals surface area contributed by atoms with E-state index in [4.69, 9.17) is 19.4 Å². The quantitative estimate of drug-likeness (QED) is 0.134. The number of para-hydroxylation sites is 3. The van der Waals surface area contributed by atoms with E-state index in [9.17, 15) is 14.9 Å². The van der Waals surface area contributed by atoms with Crippen LogP contribution in [0.3, 0.4) is 0 Å². The van der Waals surface area contributed by atoms with Gasteiger partial charge in [0.15, 0.2) is 11.6 Å². The van der Waals surface area contributed by atoms with Gasteiger partial charge in [0.25, 0.3) is 11.1 Å². The lowest BCUT2D eigenvalue weighted by atomic mass is 10.0. The molecule has 0 bridgehead atoms. The van der Waals surface area contributed by atoms with E-state index < -0.39 is 5.56 Å². The van der Waals surface area contributed by atoms with Crippen molar-refractivity contribution in [3.8, 4) is 45.9 Å². The Morgan fingerprint density at radius 1 is 0.528 bits per heavy atom. The molecule has 0 amide bonds. The number of nitriles is 1. The van der Waals surface area contributed by atoms with Gasteiger partial charge in [-0.25, -0.2) is 9.55 Å². The first-order valence-corrected chi connectivity index (χ1v) is 16.9. The zero-order chi connectivity index (χ0) is 35.6. The molecule has 0 aliphatic carbocycles. The molecule has 0 aliphatic heterocycles. The van der Waals surface area contributed by atoms with Gasteiger partial charge in [0, 0.05) is 38.2 Å². The van der Waals surface area contributed by atoms with Crippen LogP contribution in [0.2, 0.25) is 0 Å². The summed E-state index contributed by atoms with van der Waals surface area (Å²) in [6.07, 6.45) is 0. The second-order valence-corrected chi connectivity index (χ2v) is 12.7. The van der Waals surface area contributed by atoms with Crippen LogP contribution in [0.1, 0.15) is 5.56 Å². The van der Waals surface area contributed by atoms with Crippen molar-refractivity contribution in [1.29, 1.82) is 5.26 Å². The third-order valence-electron chi connectivity index (χ3n) is 9.68. The molecule has 0 N–H and O–H groups in total. The van der Waals surface area contributed by atoms with Gasteiger partial charge in [0.2, 0.25) is 5.95 Å². The lowest BCUT2D eigenvalue weighted by Crippen LogP contribution is -2.29. The molecule has 0 saturated heterocycles. The van der Waals surface area contributed by atoms with Crippen LogP contribution in [-0.4, -0.2) is 23.9 Å². The van der Waals surface area contributed by atoms with Gasteiger partial charge in [0.05, 0.1) is 10.9 Å². The maximum atomic E-state index is 14.6. The van der Waals surface area contributed by atoms with Gasteiger partial charge in [0.1, 0.15) is 28.4 Å². The van der Waals surface area contributed by atoms with Crippen molar-refractivity contribution in [2.75, 3.05) is 0 Å². The number of pyridine rings is 1. The highest BCUT2D eigenvalue weighted by Crippen LogP contribution is 2.36. The maximum absolute atomic E-state index is 14.6. The highest BCUT2D eigenvalue weighted by atomic mass is 16.3. The Balaban J connectivity index is 1.23. The Kier molecular flexibility index (Phi) is 6.65. The second-order valence-electron chi connectivity index (χ2n) is 12.7. The molecular weight excluding hydrogens is 661 g/mol. The van der Waals surface area contributed by atoms with Crippen LogP contribution in [0.15, 0.2) is 160 Å². The normalized spacial score (nSPS) is 11.5. The summed E-state index contributed by atoms with van der Waals surface area (Å²) < 4.78 is 8.98. The number of nitrogens with zero attached hydrogens (tertiary/aromatic N) is 6. The van der Waals surface area contributed by atoms with Crippen molar-refractivity contribution < 1.29 is 4.42 Å². The molecule has 0 aliphatic rings. The molecule has 0 saturated carbocycles. The summed E-state index contributed by atoms with van der Waals surface area (Å²) in [5.74, 6) is 0.605. The van der Waals surface area contributed by atoms with Gasteiger partial charge in [-0.3, -0.25) is 14.0 Å². The molecule has 0 unspecified atom stereocenters. The number of fused-ring (bicyclic) bond motifs is 7. The van der Waals surface area contributed by atoms with Crippen molar-refractivity contribution in [2.24, 2.45) is 0 Å². The van der Waals surface area contributed by atoms with Crippen molar-refractivity contribution in [3.63, 3.8) is 0 Å². The number of furan rings is 1. The van der Waals surface area contributed by atoms with E-state index >= 15 is 0 Å². The molecule has 4 heterocycles. The van der Waals surface area contributed by atoms with Gasteiger partial charge in [-0.05, 0) is 29.8 Å². The molecule has 0 spiro atoms. The third kappa shape index (κ3) is 4.60. The number of rotatable bonds is 4. The van der Waals surface area contributed by atoms with Crippen molar-refractivity contribution in [2.45, 2.75) is 0 Å². The molecule has 53 heavy (non-hydrogen) atoms. The van der Waals surface area contributed by atoms with Crippen LogP contribution in [0.25, 0.3) is 89.1 Å². The zero-order valence-electron chi connectivity index (χ0n) is 27.8. The first-order chi connectivity index (χ1) is 26.1. The van der Waals surface area contributed by atoms with Crippen LogP contribution in [0.4, 0.5) is 0 Å². The molecule has 4 aromatic heterocycles. The molecule has 9 nitrogen and oxygen atoms in total. The van der Waals surface area contributed by atoms with Crippen molar-refractivity contribution in [1.82, 2.24) is 23.9 Å². The van der Waals surface area contributed by atoms with Crippen molar-refractivity contribution in [3.05, 3.63) is 172 Å². The summed E-state index contributed by atoms with van der Waals surface area (Å²) in [6, 6.07) is 47.3. The van der Waals surface area contributed by atoms with Gasteiger partial charge in [-0.15, -0.1) is 0 Å². The highest BCUT2D eigenvalue weighted by Gasteiger charge is 2.23. The van der Waals surface area contributed by atoms with Crippen LogP contribution in [0, 0.1) is 11.3 Å². The van der Waals surface area contributed by atoms with Crippen LogP contribution in [-0.2, 0) is 0 Å². The van der Waals surface area contributed by atoms with Gasteiger partial charge in [-0.1, -0.05) is 121 Å². The fourth-order valence-electron chi connectivity index (χ4n) is 7.22. The van der Waals surface area contributed by atoms with Gasteiger partial charge in [-0.2, -0.15) is 15.2 Å². The molecule has 0 fully saturated rings. The first kappa shape index (κ1) is 30.2. The molecule has 0 radical (unpaired) electrons. The molecule has 10 rings (SSSR count). The predicted molar refractivity (Wildman–Crippen MR) is 206 cm³/mol. The van der Waals surface area contributed by atoms with E-state index in [2.05, 4.69) is 18.2 Å². The minimum Gasteiger partial charge on any atom is -0.455 e. The minimum absolute atomic E-state index is 0.0237. The smallest absolute Gasteiger partial charge is 0.268 e. The minimum atomic E-state index is -0.475. The lowest BCUT2D eigenvalue weighted by Gasteiger charge is -2.16. The lowest BCUT2D eigenvalue weighted by molar-refractivity contribution is 0.670. The molecule has 248 valence electrons. The summed E-state index contributed by atoms with van der Waals surface area (Å²) in [4.78, 5) is 43.3. The van der Waals surface area contributed by atoms with Gasteiger partial charge < -0.3 is 4.42 Å². The Hall–Kier alpha value is -7.70. The summed E-state index contributed by atoms with van der Waals surface area (Å²) in [5.41, 5.74) is 4.64. The van der Waals surface area contributed by atoms with Crippen LogP contribution in [0.5, 0.6) is 0 Å². The van der Waals surface area contributed by atoms with E-state index in [-0.39, 0.29) is 28.1 Å². The van der Waals surface area contributed by atoms with Crippen LogP contribution >= 0.6 is 0 Å². The van der Waals surface area contributed by atoms with E-state index in [1.807, 2.05) is 84.9 Å². The Morgan fingerprint density at radius 3 is 1.89 bits per heavy atom. The molecular formula is C44H24N6O3. The Morgan fingerprint density at radius 2 is 1.13 bits per heavy atom. The Bertz CT molecular complexity index is 3280. The summed E-state index contributed by atoms with van der Waals surface area (Å²) >= 11 is 0. The van der Waals surface area contributed by atoms with Crippen molar-refractivity contribution >= 4 is 49.3 Å². The highest BCUT2D eigenvalue weighted by molar-refractivity contribution is 6.09. The first-order valence-electron chi connectivity index (χ1n) is 16.9. The van der Waals surface area contributed by atoms with E-state index in [1.165, 1.54) is 8.97 Å². The third-order valence-corrected chi connectivity index (χ3v) is 9.68. The summed E-state index contributed by atoms with van der Waals surface area (Å²) in [5, 5.41) is 13.8. The number of hydrogen-bond acceptors (Lipinski definition) is 7. The maximum Gasteiger partial charge on any atom is 0.268 e.